The minimum absolute atomic E-state index is 0.501. The first kappa shape index (κ1) is 14.6. The van der Waals surface area contributed by atoms with Crippen molar-refractivity contribution in [1.82, 2.24) is 14.9 Å². The van der Waals surface area contributed by atoms with Gasteiger partial charge < -0.3 is 9.88 Å². The summed E-state index contributed by atoms with van der Waals surface area (Å²) in [6, 6.07) is 0.584. The molecule has 1 aliphatic carbocycles. The number of nitrogens with zero attached hydrogens (tertiary/aromatic N) is 2. The average Bonchev–Trinajstić information content (AvgIpc) is 3.04. The molecule has 1 unspecified atom stereocenters. The molecule has 1 aromatic rings. The summed E-state index contributed by atoms with van der Waals surface area (Å²) < 4.78 is 2.17. The van der Waals surface area contributed by atoms with Gasteiger partial charge in [-0.15, -0.1) is 0 Å². The fourth-order valence-corrected chi connectivity index (χ4v) is 3.63. The molecule has 0 amide bonds. The Kier molecular flexibility index (Phi) is 5.03. The molecule has 0 aliphatic heterocycles. The number of nitrogens with one attached hydrogen (secondary N) is 1. The minimum Gasteiger partial charge on any atom is -0.338 e. The van der Waals surface area contributed by atoms with Crippen molar-refractivity contribution >= 4 is 0 Å². The molecule has 0 spiro atoms. The maximum atomic E-state index is 4.52. The molecule has 0 bridgehead atoms. The van der Waals surface area contributed by atoms with E-state index in [2.05, 4.69) is 42.0 Å². The SMILES string of the molecule is CCCNC(Cc1nccn1C)C1(CC)CCCC1. The van der Waals surface area contributed by atoms with E-state index in [9.17, 15) is 0 Å². The van der Waals surface area contributed by atoms with Crippen LogP contribution in [0.5, 0.6) is 0 Å². The summed E-state index contributed by atoms with van der Waals surface area (Å²) >= 11 is 0. The lowest BCUT2D eigenvalue weighted by atomic mass is 9.74. The smallest absolute Gasteiger partial charge is 0.109 e. The van der Waals surface area contributed by atoms with Crippen LogP contribution in [0, 0.1) is 5.41 Å². The second kappa shape index (κ2) is 6.56. The molecule has 19 heavy (non-hydrogen) atoms. The first-order chi connectivity index (χ1) is 9.22. The largest absolute Gasteiger partial charge is 0.338 e. The highest BCUT2D eigenvalue weighted by atomic mass is 15.0. The van der Waals surface area contributed by atoms with E-state index < -0.39 is 0 Å². The molecule has 3 nitrogen and oxygen atoms in total. The van der Waals surface area contributed by atoms with E-state index in [1.165, 1.54) is 44.3 Å². The Morgan fingerprint density at radius 2 is 2.11 bits per heavy atom. The Balaban J connectivity index is 2.12. The normalized spacial score (nSPS) is 19.7. The Bertz CT molecular complexity index is 377. The van der Waals surface area contributed by atoms with Crippen LogP contribution in [0.25, 0.3) is 0 Å². The quantitative estimate of drug-likeness (QED) is 0.818. The Hall–Kier alpha value is -0.830. The molecule has 0 saturated heterocycles. The van der Waals surface area contributed by atoms with Crippen molar-refractivity contribution in [1.29, 1.82) is 0 Å². The zero-order valence-corrected chi connectivity index (χ0v) is 12.8. The van der Waals surface area contributed by atoms with Crippen LogP contribution in [0.15, 0.2) is 12.4 Å². The van der Waals surface area contributed by atoms with Gasteiger partial charge in [0.1, 0.15) is 5.82 Å². The summed E-state index contributed by atoms with van der Waals surface area (Å²) in [5.74, 6) is 1.22. The summed E-state index contributed by atoms with van der Waals surface area (Å²) in [5, 5.41) is 3.82. The summed E-state index contributed by atoms with van der Waals surface area (Å²) in [7, 11) is 2.10. The average molecular weight is 263 g/mol. The van der Waals surface area contributed by atoms with Gasteiger partial charge in [0.2, 0.25) is 0 Å². The summed E-state index contributed by atoms with van der Waals surface area (Å²) in [6.45, 7) is 5.74. The van der Waals surface area contributed by atoms with Gasteiger partial charge >= 0.3 is 0 Å². The van der Waals surface area contributed by atoms with Crippen molar-refractivity contribution in [2.75, 3.05) is 6.54 Å². The summed E-state index contributed by atoms with van der Waals surface area (Å²) in [6.07, 6.45) is 13.1. The van der Waals surface area contributed by atoms with Crippen LogP contribution < -0.4 is 5.32 Å². The Morgan fingerprint density at radius 3 is 2.63 bits per heavy atom. The van der Waals surface area contributed by atoms with Crippen molar-refractivity contribution in [2.45, 2.75) is 64.8 Å². The number of rotatable bonds is 7. The van der Waals surface area contributed by atoms with Gasteiger partial charge in [0.15, 0.2) is 0 Å². The van der Waals surface area contributed by atoms with Gasteiger partial charge in [-0.1, -0.05) is 26.7 Å². The molecule has 0 aromatic carbocycles. The van der Waals surface area contributed by atoms with E-state index in [1.807, 2.05) is 6.20 Å². The molecular weight excluding hydrogens is 234 g/mol. The number of hydrogen-bond donors (Lipinski definition) is 1. The lowest BCUT2D eigenvalue weighted by molar-refractivity contribution is 0.182. The molecular formula is C16H29N3. The van der Waals surface area contributed by atoms with Crippen LogP contribution in [-0.2, 0) is 13.5 Å². The second-order valence-corrected chi connectivity index (χ2v) is 6.09. The van der Waals surface area contributed by atoms with Crippen molar-refractivity contribution in [3.63, 3.8) is 0 Å². The molecule has 108 valence electrons. The van der Waals surface area contributed by atoms with Crippen LogP contribution in [0.3, 0.4) is 0 Å². The first-order valence-corrected chi connectivity index (χ1v) is 7.91. The third-order valence-electron chi connectivity index (χ3n) is 4.99. The van der Waals surface area contributed by atoms with Crippen LogP contribution in [0.2, 0.25) is 0 Å². The van der Waals surface area contributed by atoms with E-state index in [1.54, 1.807) is 0 Å². The summed E-state index contributed by atoms with van der Waals surface area (Å²) in [5.41, 5.74) is 0.501. The molecule has 1 fully saturated rings. The van der Waals surface area contributed by atoms with Crippen LogP contribution in [0.1, 0.15) is 58.2 Å². The standard InChI is InChI=1S/C16H29N3/c1-4-10-17-14(13-15-18-11-12-19(15)3)16(5-2)8-6-7-9-16/h11-12,14,17H,4-10,13H2,1-3H3. The van der Waals surface area contributed by atoms with Crippen LogP contribution in [-0.4, -0.2) is 22.1 Å². The maximum Gasteiger partial charge on any atom is 0.109 e. The highest BCUT2D eigenvalue weighted by Crippen LogP contribution is 2.44. The van der Waals surface area contributed by atoms with Crippen LogP contribution >= 0.6 is 0 Å². The monoisotopic (exact) mass is 263 g/mol. The van der Waals surface area contributed by atoms with Crippen molar-refractivity contribution in [2.24, 2.45) is 12.5 Å². The molecule has 1 N–H and O–H groups in total. The van der Waals surface area contributed by atoms with Gasteiger partial charge in [0.25, 0.3) is 0 Å². The highest BCUT2D eigenvalue weighted by molar-refractivity contribution is 5.02. The van der Waals surface area contributed by atoms with Gasteiger partial charge in [-0.05, 0) is 37.6 Å². The predicted octanol–water partition coefficient (Wildman–Crippen LogP) is 3.30. The summed E-state index contributed by atoms with van der Waals surface area (Å²) in [4.78, 5) is 4.52. The minimum atomic E-state index is 0.501. The third-order valence-corrected chi connectivity index (χ3v) is 4.99. The molecule has 0 radical (unpaired) electrons. The molecule has 1 aromatic heterocycles. The molecule has 3 heteroatoms. The van der Waals surface area contributed by atoms with Gasteiger partial charge in [0.05, 0.1) is 0 Å². The van der Waals surface area contributed by atoms with Gasteiger partial charge in [-0.3, -0.25) is 0 Å². The first-order valence-electron chi connectivity index (χ1n) is 7.91. The fourth-order valence-electron chi connectivity index (χ4n) is 3.63. The molecule has 2 rings (SSSR count). The van der Waals surface area contributed by atoms with Gasteiger partial charge in [-0.25, -0.2) is 4.98 Å². The van der Waals surface area contributed by atoms with E-state index >= 15 is 0 Å². The van der Waals surface area contributed by atoms with Gasteiger partial charge in [0, 0.05) is 31.9 Å². The number of aromatic nitrogens is 2. The van der Waals surface area contributed by atoms with E-state index in [-0.39, 0.29) is 0 Å². The Labute approximate surface area is 117 Å². The molecule has 1 atom stereocenters. The highest BCUT2D eigenvalue weighted by Gasteiger charge is 2.39. The number of imidazole rings is 1. The molecule has 1 saturated carbocycles. The van der Waals surface area contributed by atoms with E-state index in [4.69, 9.17) is 0 Å². The number of aryl methyl sites for hydroxylation is 1. The second-order valence-electron chi connectivity index (χ2n) is 6.09. The molecule has 1 aliphatic rings. The fraction of sp³-hybridized carbons (Fsp3) is 0.812. The Morgan fingerprint density at radius 1 is 1.37 bits per heavy atom. The van der Waals surface area contributed by atoms with Gasteiger partial charge in [-0.2, -0.15) is 0 Å². The van der Waals surface area contributed by atoms with E-state index in [0.29, 0.717) is 11.5 Å². The third kappa shape index (κ3) is 3.19. The topological polar surface area (TPSA) is 29.9 Å². The number of hydrogen-bond acceptors (Lipinski definition) is 2. The van der Waals surface area contributed by atoms with Crippen LogP contribution in [0.4, 0.5) is 0 Å². The van der Waals surface area contributed by atoms with Crippen molar-refractivity contribution in [3.8, 4) is 0 Å². The van der Waals surface area contributed by atoms with Crippen molar-refractivity contribution in [3.05, 3.63) is 18.2 Å². The zero-order valence-electron chi connectivity index (χ0n) is 12.8. The maximum absolute atomic E-state index is 4.52. The van der Waals surface area contributed by atoms with E-state index in [0.717, 1.165) is 13.0 Å². The predicted molar refractivity (Wildman–Crippen MR) is 80.2 cm³/mol. The molecule has 1 heterocycles. The lowest BCUT2D eigenvalue weighted by Crippen LogP contribution is -2.46. The lowest BCUT2D eigenvalue weighted by Gasteiger charge is -2.37. The van der Waals surface area contributed by atoms with Crippen molar-refractivity contribution < 1.29 is 0 Å². The zero-order chi connectivity index (χ0) is 13.7.